The molecule has 166 valence electrons. The fraction of sp³-hybridized carbons (Fsp3) is 0.227. The molecule has 0 bridgehead atoms. The molecule has 7 nitrogen and oxygen atoms in total. The van der Waals surface area contributed by atoms with E-state index in [0.29, 0.717) is 23.3 Å². The number of hydrogen-bond acceptors (Lipinski definition) is 6. The van der Waals surface area contributed by atoms with Crippen molar-refractivity contribution in [2.45, 2.75) is 12.8 Å². The van der Waals surface area contributed by atoms with Gasteiger partial charge in [0.2, 0.25) is 5.82 Å². The minimum atomic E-state index is -1.49. The summed E-state index contributed by atoms with van der Waals surface area (Å²) in [4.78, 5) is 14.6. The van der Waals surface area contributed by atoms with Gasteiger partial charge in [-0.3, -0.25) is 4.79 Å². The molecule has 3 aromatic rings. The van der Waals surface area contributed by atoms with E-state index in [-0.39, 0.29) is 0 Å². The van der Waals surface area contributed by atoms with Crippen molar-refractivity contribution in [2.24, 2.45) is 0 Å². The highest BCUT2D eigenvalue weighted by Gasteiger charge is 2.23. The van der Waals surface area contributed by atoms with Gasteiger partial charge >= 0.3 is 0 Å². The molecule has 0 spiro atoms. The summed E-state index contributed by atoms with van der Waals surface area (Å²) in [6.07, 6.45) is 4.03. The number of nitrogens with one attached hydrogen (secondary N) is 2. The molecule has 0 aliphatic carbocycles. The number of ether oxygens (including phenoxy) is 1. The molecule has 1 aromatic heterocycles. The number of benzene rings is 2. The summed E-state index contributed by atoms with van der Waals surface area (Å²) in [5.74, 6) is -5.48. The van der Waals surface area contributed by atoms with E-state index in [0.717, 1.165) is 38.7 Å². The summed E-state index contributed by atoms with van der Waals surface area (Å²) >= 11 is 0. The molecule has 2 heterocycles. The molecule has 0 atom stereocenters. The highest BCUT2D eigenvalue weighted by molar-refractivity contribution is 6.04. The van der Waals surface area contributed by atoms with Crippen molar-refractivity contribution in [1.82, 2.24) is 10.2 Å². The standard InChI is InChI=1S/C22H20F3N5O2/c1-32-21-19(24)16(11-17(23)20(21)25)22(31)28-14-6-4-13(5-7-14)27-18-10-15(12-26-29-18)30-8-2-3-9-30/h4-7,10-12H,2-3,8-9H2,1H3,(H,27,29)(H,28,31). The average Bonchev–Trinajstić information content (AvgIpc) is 3.33. The van der Waals surface area contributed by atoms with Crippen molar-refractivity contribution in [3.63, 3.8) is 0 Å². The van der Waals surface area contributed by atoms with Gasteiger partial charge in [-0.1, -0.05) is 0 Å². The van der Waals surface area contributed by atoms with Crippen LogP contribution in [0.25, 0.3) is 0 Å². The van der Waals surface area contributed by atoms with Crippen LogP contribution in [0.15, 0.2) is 42.6 Å². The minimum absolute atomic E-state index is 0.334. The van der Waals surface area contributed by atoms with Gasteiger partial charge in [-0.25, -0.2) is 8.78 Å². The fourth-order valence-corrected chi connectivity index (χ4v) is 3.47. The van der Waals surface area contributed by atoms with Gasteiger partial charge in [-0.15, -0.1) is 5.10 Å². The first-order valence-electron chi connectivity index (χ1n) is 9.94. The first kappa shape index (κ1) is 21.4. The second-order valence-electron chi connectivity index (χ2n) is 7.22. The van der Waals surface area contributed by atoms with E-state index in [4.69, 9.17) is 0 Å². The lowest BCUT2D eigenvalue weighted by molar-refractivity contribution is 0.102. The molecule has 1 saturated heterocycles. The Morgan fingerprint density at radius 3 is 2.41 bits per heavy atom. The summed E-state index contributed by atoms with van der Waals surface area (Å²) in [5.41, 5.74) is 1.35. The summed E-state index contributed by atoms with van der Waals surface area (Å²) in [6, 6.07) is 8.92. The molecule has 1 amide bonds. The predicted octanol–water partition coefficient (Wildman–Crippen LogP) is 4.50. The maximum Gasteiger partial charge on any atom is 0.258 e. The van der Waals surface area contributed by atoms with E-state index >= 15 is 0 Å². The summed E-state index contributed by atoms with van der Waals surface area (Å²) in [5, 5.41) is 13.7. The highest BCUT2D eigenvalue weighted by Crippen LogP contribution is 2.28. The Bertz CT molecular complexity index is 1140. The molecule has 1 aliphatic rings. The average molecular weight is 443 g/mol. The normalized spacial score (nSPS) is 13.2. The van der Waals surface area contributed by atoms with Crippen molar-refractivity contribution in [3.8, 4) is 5.75 Å². The largest absolute Gasteiger partial charge is 0.491 e. The van der Waals surface area contributed by atoms with Crippen LogP contribution in [0.5, 0.6) is 5.75 Å². The zero-order valence-corrected chi connectivity index (χ0v) is 17.2. The Morgan fingerprint density at radius 1 is 1.03 bits per heavy atom. The third kappa shape index (κ3) is 4.43. The Hall–Kier alpha value is -3.82. The van der Waals surface area contributed by atoms with Crippen molar-refractivity contribution >= 4 is 28.8 Å². The molecule has 1 fully saturated rings. The number of hydrogen-bond donors (Lipinski definition) is 2. The van der Waals surface area contributed by atoms with E-state index in [2.05, 4.69) is 30.5 Å². The van der Waals surface area contributed by atoms with Gasteiger partial charge in [0.15, 0.2) is 23.2 Å². The summed E-state index contributed by atoms with van der Waals surface area (Å²) < 4.78 is 46.1. The SMILES string of the molecule is COc1c(F)c(F)cc(C(=O)Nc2ccc(Nc3cc(N4CCCC4)cnn3)cc2)c1F. The maximum atomic E-state index is 14.3. The van der Waals surface area contributed by atoms with Gasteiger partial charge in [0.1, 0.15) is 0 Å². The first-order chi connectivity index (χ1) is 15.5. The molecule has 2 aromatic carbocycles. The number of rotatable bonds is 6. The zero-order chi connectivity index (χ0) is 22.7. The Kier molecular flexibility index (Phi) is 6.11. The van der Waals surface area contributed by atoms with Gasteiger partial charge in [0.25, 0.3) is 5.91 Å². The minimum Gasteiger partial charge on any atom is -0.491 e. The van der Waals surface area contributed by atoms with E-state index in [1.807, 2.05) is 6.07 Å². The van der Waals surface area contributed by atoms with Crippen LogP contribution in [0.4, 0.5) is 36.1 Å². The van der Waals surface area contributed by atoms with Crippen molar-refractivity contribution in [1.29, 1.82) is 0 Å². The molecule has 32 heavy (non-hydrogen) atoms. The molecule has 4 rings (SSSR count). The lowest BCUT2D eigenvalue weighted by Crippen LogP contribution is -2.18. The van der Waals surface area contributed by atoms with Crippen LogP contribution >= 0.6 is 0 Å². The smallest absolute Gasteiger partial charge is 0.258 e. The third-order valence-electron chi connectivity index (χ3n) is 5.09. The number of aromatic nitrogens is 2. The third-order valence-corrected chi connectivity index (χ3v) is 5.09. The van der Waals surface area contributed by atoms with E-state index in [9.17, 15) is 18.0 Å². The molecular weight excluding hydrogens is 423 g/mol. The maximum absolute atomic E-state index is 14.3. The van der Waals surface area contributed by atoms with Gasteiger partial charge in [0, 0.05) is 30.5 Å². The van der Waals surface area contributed by atoms with Crippen LogP contribution < -0.4 is 20.3 Å². The Labute approximate surface area is 182 Å². The quantitative estimate of drug-likeness (QED) is 0.547. The van der Waals surface area contributed by atoms with Crippen molar-refractivity contribution in [2.75, 3.05) is 35.7 Å². The number of anilines is 4. The van der Waals surface area contributed by atoms with Crippen LogP contribution in [-0.4, -0.2) is 36.3 Å². The number of carbonyl (C=O) groups excluding carboxylic acids is 1. The van der Waals surface area contributed by atoms with Gasteiger partial charge in [-0.2, -0.15) is 9.49 Å². The molecule has 0 saturated carbocycles. The van der Waals surface area contributed by atoms with Crippen molar-refractivity contribution < 1.29 is 22.7 Å². The topological polar surface area (TPSA) is 79.4 Å². The lowest BCUT2D eigenvalue weighted by atomic mass is 10.1. The van der Waals surface area contributed by atoms with Gasteiger partial charge in [-0.05, 0) is 43.2 Å². The van der Waals surface area contributed by atoms with Gasteiger partial charge in [0.05, 0.1) is 24.6 Å². The second kappa shape index (κ2) is 9.13. The van der Waals surface area contributed by atoms with Crippen LogP contribution in [0.2, 0.25) is 0 Å². The fourth-order valence-electron chi connectivity index (χ4n) is 3.47. The molecule has 2 N–H and O–H groups in total. The van der Waals surface area contributed by atoms with Crippen LogP contribution in [0.3, 0.4) is 0 Å². The number of amides is 1. The molecular formula is C22H20F3N5O2. The van der Waals surface area contributed by atoms with Crippen LogP contribution in [0.1, 0.15) is 23.2 Å². The van der Waals surface area contributed by atoms with Crippen LogP contribution in [-0.2, 0) is 0 Å². The van der Waals surface area contributed by atoms with E-state index < -0.39 is 34.7 Å². The second-order valence-corrected chi connectivity index (χ2v) is 7.22. The Morgan fingerprint density at radius 2 is 1.72 bits per heavy atom. The number of carbonyl (C=O) groups is 1. The molecule has 0 unspecified atom stereocenters. The molecule has 1 aliphatic heterocycles. The zero-order valence-electron chi connectivity index (χ0n) is 17.2. The summed E-state index contributed by atoms with van der Waals surface area (Å²) in [7, 11) is 0.986. The number of methoxy groups -OCH3 is 1. The summed E-state index contributed by atoms with van der Waals surface area (Å²) in [6.45, 7) is 1.98. The van der Waals surface area contributed by atoms with Crippen molar-refractivity contribution in [3.05, 3.63) is 65.6 Å². The van der Waals surface area contributed by atoms with Crippen LogP contribution in [0, 0.1) is 17.5 Å². The highest BCUT2D eigenvalue weighted by atomic mass is 19.2. The lowest BCUT2D eigenvalue weighted by Gasteiger charge is -2.17. The number of nitrogens with zero attached hydrogens (tertiary/aromatic N) is 3. The number of halogens is 3. The molecule has 10 heteroatoms. The van der Waals surface area contributed by atoms with E-state index in [1.165, 1.54) is 0 Å². The predicted molar refractivity (Wildman–Crippen MR) is 114 cm³/mol. The Balaban J connectivity index is 1.45. The van der Waals surface area contributed by atoms with E-state index in [1.54, 1.807) is 30.5 Å². The monoisotopic (exact) mass is 443 g/mol. The first-order valence-corrected chi connectivity index (χ1v) is 9.94. The van der Waals surface area contributed by atoms with Gasteiger partial charge < -0.3 is 20.3 Å². The molecule has 0 radical (unpaired) electrons.